The molecule has 0 aromatic heterocycles. The van der Waals surface area contributed by atoms with E-state index < -0.39 is 27.1 Å². The summed E-state index contributed by atoms with van der Waals surface area (Å²) in [6.07, 6.45) is 5.95. The average Bonchev–Trinajstić information content (AvgIpc) is 2.41. The summed E-state index contributed by atoms with van der Waals surface area (Å²) in [7, 11) is -5.57. The van der Waals surface area contributed by atoms with Crippen LogP contribution in [0.5, 0.6) is 0 Å². The molecule has 24 heavy (non-hydrogen) atoms. The maximum absolute atomic E-state index is 13.8. The minimum Gasteiger partial charge on any atom is -0.861 e. The monoisotopic (exact) mass is 364 g/mol. The van der Waals surface area contributed by atoms with E-state index >= 15 is 0 Å². The molecule has 0 spiro atoms. The number of carbonyl (C=O) groups is 1. The molecule has 0 unspecified atom stereocenters. The molecule has 0 amide bonds. The molecule has 4 bridgehead atoms. The smallest absolute Gasteiger partial charge is 0.461 e. The first-order valence-electron chi connectivity index (χ1n) is 8.06. The minimum absolute atomic E-state index is 0.194. The van der Waals surface area contributed by atoms with Crippen molar-refractivity contribution < 1.29 is 31.8 Å². The van der Waals surface area contributed by atoms with Crippen LogP contribution in [-0.2, 0) is 19.6 Å². The lowest BCUT2D eigenvalue weighted by atomic mass is 9.50. The van der Waals surface area contributed by atoms with Gasteiger partial charge in [0.05, 0.1) is 6.61 Å². The number of alkyl halides is 2. The lowest BCUT2D eigenvalue weighted by molar-refractivity contribution is -0.215. The van der Waals surface area contributed by atoms with Gasteiger partial charge in [-0.05, 0) is 69.1 Å². The largest absolute Gasteiger partial charge is 0.861 e. The second-order valence-electron chi connectivity index (χ2n) is 7.60. The van der Waals surface area contributed by atoms with Crippen molar-refractivity contribution in [2.24, 2.45) is 27.6 Å². The lowest BCUT2D eigenvalue weighted by Crippen LogP contribution is -2.49. The molecule has 136 valence electrons. The summed E-state index contributed by atoms with van der Waals surface area (Å²) in [6, 6.07) is 0. The summed E-state index contributed by atoms with van der Waals surface area (Å²) < 4.78 is 57.5. The summed E-state index contributed by atoms with van der Waals surface area (Å²) in [5.41, 5.74) is -0.304. The minimum atomic E-state index is -5.57. The Bertz CT molecular complexity index is 634. The average molecular weight is 364 g/mol. The standard InChI is InChI=1S/C15H21F2NO5S/c1-9(19)18-24(21,22)15(16,17)13(20)23-8-14-5-10-2-11(6-14)4-12(3-10)7-14/h10-12H,2-8H2,1H3,(H,18,19)/p-1. The molecule has 0 heterocycles. The first-order valence-corrected chi connectivity index (χ1v) is 9.50. The lowest BCUT2D eigenvalue weighted by Gasteiger charge is -2.56. The van der Waals surface area contributed by atoms with Crippen molar-refractivity contribution in [3.63, 3.8) is 0 Å². The van der Waals surface area contributed by atoms with E-state index in [4.69, 9.17) is 4.74 Å². The SMILES string of the molecule is C/C([O-])=N/S(=O)(=O)C(F)(F)C(=O)OCC12CC3CC(CC(C3)C1)C2. The maximum Gasteiger partial charge on any atom is 0.461 e. The van der Waals surface area contributed by atoms with Gasteiger partial charge in [0.2, 0.25) is 0 Å². The number of esters is 1. The van der Waals surface area contributed by atoms with Crippen LogP contribution in [0, 0.1) is 23.2 Å². The number of nitrogens with zero attached hydrogens (tertiary/aromatic N) is 1. The third-order valence-corrected chi connectivity index (χ3v) is 6.80. The Morgan fingerprint density at radius 3 is 2.08 bits per heavy atom. The zero-order chi connectivity index (χ0) is 17.8. The molecule has 6 nitrogen and oxygen atoms in total. The number of hydrogen-bond donors (Lipinski definition) is 0. The normalized spacial score (nSPS) is 36.0. The Hall–Kier alpha value is -1.25. The molecule has 0 aromatic carbocycles. The van der Waals surface area contributed by atoms with Crippen LogP contribution in [0.1, 0.15) is 45.4 Å². The first-order chi connectivity index (χ1) is 11.0. The van der Waals surface area contributed by atoms with Crippen molar-refractivity contribution in [2.75, 3.05) is 6.61 Å². The van der Waals surface area contributed by atoms with Crippen molar-refractivity contribution >= 4 is 21.9 Å². The molecule has 0 atom stereocenters. The van der Waals surface area contributed by atoms with E-state index in [0.29, 0.717) is 24.7 Å². The van der Waals surface area contributed by atoms with E-state index in [1.807, 2.05) is 0 Å². The third-order valence-electron chi connectivity index (χ3n) is 5.48. The molecule has 0 N–H and O–H groups in total. The van der Waals surface area contributed by atoms with Crippen LogP contribution in [0.3, 0.4) is 0 Å². The third kappa shape index (κ3) is 3.02. The molecule has 9 heteroatoms. The van der Waals surface area contributed by atoms with Crippen LogP contribution >= 0.6 is 0 Å². The Morgan fingerprint density at radius 2 is 1.67 bits per heavy atom. The Labute approximate surface area is 139 Å². The van der Waals surface area contributed by atoms with E-state index in [9.17, 15) is 27.1 Å². The van der Waals surface area contributed by atoms with Crippen molar-refractivity contribution in [3.05, 3.63) is 0 Å². The van der Waals surface area contributed by atoms with Gasteiger partial charge in [0.25, 0.3) is 0 Å². The van der Waals surface area contributed by atoms with Crippen LogP contribution in [0.4, 0.5) is 8.78 Å². The highest BCUT2D eigenvalue weighted by Gasteiger charge is 2.56. The van der Waals surface area contributed by atoms with Gasteiger partial charge >= 0.3 is 21.2 Å². The number of carbonyl (C=O) groups excluding carboxylic acids is 1. The van der Waals surface area contributed by atoms with Gasteiger partial charge in [-0.15, -0.1) is 0 Å². The summed E-state index contributed by atoms with van der Waals surface area (Å²) in [5, 5.41) is 5.84. The topological polar surface area (TPSA) is 95.9 Å². The molecular weight excluding hydrogens is 344 g/mol. The highest BCUT2D eigenvalue weighted by atomic mass is 32.2. The van der Waals surface area contributed by atoms with Crippen molar-refractivity contribution in [1.29, 1.82) is 0 Å². The Kier molecular flexibility index (Phi) is 4.13. The summed E-state index contributed by atoms with van der Waals surface area (Å²) >= 11 is 0. The number of halogens is 2. The number of ether oxygens (including phenoxy) is 1. The van der Waals surface area contributed by atoms with Gasteiger partial charge in [0.15, 0.2) is 0 Å². The number of rotatable bonds is 5. The highest BCUT2D eigenvalue weighted by Crippen LogP contribution is 2.60. The van der Waals surface area contributed by atoms with E-state index in [0.717, 1.165) is 38.5 Å². The van der Waals surface area contributed by atoms with Crippen LogP contribution in [0.25, 0.3) is 0 Å². The Morgan fingerprint density at radius 1 is 1.21 bits per heavy atom. The van der Waals surface area contributed by atoms with Gasteiger partial charge < -0.3 is 9.84 Å². The number of hydrogen-bond acceptors (Lipinski definition) is 5. The fraction of sp³-hybridized carbons (Fsp3) is 0.867. The summed E-state index contributed by atoms with van der Waals surface area (Å²) in [5.74, 6) is -1.82. The quantitative estimate of drug-likeness (QED) is 0.418. The second kappa shape index (κ2) is 5.64. The van der Waals surface area contributed by atoms with Crippen LogP contribution < -0.4 is 5.11 Å². The van der Waals surface area contributed by atoms with Gasteiger partial charge in [-0.2, -0.15) is 21.6 Å². The molecule has 0 aromatic rings. The fourth-order valence-corrected chi connectivity index (χ4v) is 5.82. The van der Waals surface area contributed by atoms with Gasteiger partial charge in [-0.3, -0.25) is 0 Å². The zero-order valence-electron chi connectivity index (χ0n) is 13.3. The van der Waals surface area contributed by atoms with Gasteiger partial charge in [0.1, 0.15) is 0 Å². The van der Waals surface area contributed by atoms with Gasteiger partial charge in [-0.25, -0.2) is 4.79 Å². The van der Waals surface area contributed by atoms with Crippen molar-refractivity contribution in [2.45, 2.75) is 50.7 Å². The molecule has 4 rings (SSSR count). The number of sulfonamides is 1. The van der Waals surface area contributed by atoms with Crippen LogP contribution in [0.15, 0.2) is 4.40 Å². The maximum atomic E-state index is 13.8. The second-order valence-corrected chi connectivity index (χ2v) is 9.24. The molecule has 0 radical (unpaired) electrons. The predicted octanol–water partition coefficient (Wildman–Crippen LogP) is 1.45. The molecular formula is C15H20F2NO5S-. The molecule has 4 saturated carbocycles. The molecule has 4 fully saturated rings. The summed E-state index contributed by atoms with van der Waals surface area (Å²) in [6.45, 7) is 0.523. The highest BCUT2D eigenvalue weighted by molar-refractivity contribution is 7.92. The van der Waals surface area contributed by atoms with E-state index in [1.54, 1.807) is 0 Å². The molecule has 4 aliphatic carbocycles. The Balaban J connectivity index is 1.68. The van der Waals surface area contributed by atoms with Crippen LogP contribution in [0.2, 0.25) is 0 Å². The van der Waals surface area contributed by atoms with Gasteiger partial charge in [0, 0.05) is 5.41 Å². The van der Waals surface area contributed by atoms with Gasteiger partial charge in [-0.1, -0.05) is 0 Å². The zero-order valence-corrected chi connectivity index (χ0v) is 14.2. The molecule has 0 aliphatic heterocycles. The van der Waals surface area contributed by atoms with Crippen molar-refractivity contribution in [1.82, 2.24) is 0 Å². The molecule has 4 aliphatic rings. The van der Waals surface area contributed by atoms with E-state index in [-0.39, 0.29) is 12.0 Å². The first kappa shape index (κ1) is 17.6. The molecule has 0 saturated heterocycles. The summed E-state index contributed by atoms with van der Waals surface area (Å²) in [4.78, 5) is 11.7. The van der Waals surface area contributed by atoms with Crippen molar-refractivity contribution in [3.8, 4) is 0 Å². The van der Waals surface area contributed by atoms with E-state index in [1.165, 1.54) is 0 Å². The fourth-order valence-electron chi connectivity index (χ4n) is 5.10. The van der Waals surface area contributed by atoms with Crippen LogP contribution in [-0.4, -0.2) is 32.1 Å². The predicted molar refractivity (Wildman–Crippen MR) is 78.5 cm³/mol. The van der Waals surface area contributed by atoms with E-state index in [2.05, 4.69) is 4.40 Å².